The third-order valence-corrected chi connectivity index (χ3v) is 12.6. The third kappa shape index (κ3) is 4.21. The molecule has 30 heavy (non-hydrogen) atoms. The van der Waals surface area contributed by atoms with E-state index in [1.807, 2.05) is 0 Å². The lowest BCUT2D eigenvalue weighted by molar-refractivity contribution is 0.105. The maximum absolute atomic E-state index is 7.33. The van der Waals surface area contributed by atoms with Gasteiger partial charge in [0.15, 0.2) is 0 Å². The van der Waals surface area contributed by atoms with Crippen molar-refractivity contribution in [3.05, 3.63) is 83.1 Å². The molecule has 2 nitrogen and oxygen atoms in total. The molecule has 2 aromatic rings. The fraction of sp³-hybridized carbons (Fsp3) is 0.481. The summed E-state index contributed by atoms with van der Waals surface area (Å²) in [5.74, 6) is 0. The van der Waals surface area contributed by atoms with Gasteiger partial charge in [0.1, 0.15) is 5.60 Å². The van der Waals surface area contributed by atoms with Crippen LogP contribution in [0.4, 0.5) is 0 Å². The highest BCUT2D eigenvalue weighted by molar-refractivity contribution is 6.84. The number of hydrogen-bond acceptors (Lipinski definition) is 2. The van der Waals surface area contributed by atoms with Crippen LogP contribution in [0.25, 0.3) is 0 Å². The maximum atomic E-state index is 7.33. The van der Waals surface area contributed by atoms with Crippen LogP contribution in [0.15, 0.2) is 71.9 Å². The van der Waals surface area contributed by atoms with Crippen molar-refractivity contribution in [1.29, 1.82) is 0 Å². The van der Waals surface area contributed by atoms with Crippen molar-refractivity contribution in [3.8, 4) is 0 Å². The molecule has 162 valence electrons. The molecule has 0 radical (unpaired) electrons. The van der Waals surface area contributed by atoms with Crippen LogP contribution in [0.3, 0.4) is 0 Å². The highest BCUT2D eigenvalue weighted by atomic mass is 28.4. The van der Waals surface area contributed by atoms with Gasteiger partial charge in [0.25, 0.3) is 0 Å². The van der Waals surface area contributed by atoms with Gasteiger partial charge in [0.05, 0.1) is 0 Å². The van der Waals surface area contributed by atoms with Crippen molar-refractivity contribution >= 4 is 8.32 Å². The second-order valence-corrected chi connectivity index (χ2v) is 16.0. The van der Waals surface area contributed by atoms with E-state index in [0.717, 1.165) is 13.1 Å². The smallest absolute Gasteiger partial charge is 0.229 e. The van der Waals surface area contributed by atoms with Gasteiger partial charge in [-0.15, -0.1) is 0 Å². The van der Waals surface area contributed by atoms with E-state index in [1.54, 1.807) is 0 Å². The fourth-order valence-electron chi connectivity index (χ4n) is 5.10. The topological polar surface area (TPSA) is 12.5 Å². The van der Waals surface area contributed by atoms with E-state index in [1.165, 1.54) is 16.7 Å². The second kappa shape index (κ2) is 8.10. The zero-order chi connectivity index (χ0) is 22.2. The molecule has 1 atom stereocenters. The predicted molar refractivity (Wildman–Crippen MR) is 131 cm³/mol. The van der Waals surface area contributed by atoms with E-state index in [2.05, 4.69) is 127 Å². The van der Waals surface area contributed by atoms with Crippen LogP contribution in [0.1, 0.15) is 59.6 Å². The Bertz CT molecular complexity index is 863. The van der Waals surface area contributed by atoms with E-state index >= 15 is 0 Å². The summed E-state index contributed by atoms with van der Waals surface area (Å²) < 4.78 is 7.33. The van der Waals surface area contributed by atoms with Crippen molar-refractivity contribution in [2.75, 3.05) is 13.6 Å². The van der Waals surface area contributed by atoms with Crippen molar-refractivity contribution in [2.45, 2.75) is 70.7 Å². The van der Waals surface area contributed by atoms with Crippen molar-refractivity contribution in [1.82, 2.24) is 4.90 Å². The summed E-state index contributed by atoms with van der Waals surface area (Å²) in [6.45, 7) is 18.3. The summed E-state index contributed by atoms with van der Waals surface area (Å²) in [6.07, 6.45) is 0. The lowest BCUT2D eigenvalue weighted by atomic mass is 9.88. The van der Waals surface area contributed by atoms with E-state index < -0.39 is 8.32 Å². The van der Waals surface area contributed by atoms with Gasteiger partial charge in [-0.25, -0.2) is 0 Å². The fourth-order valence-corrected chi connectivity index (χ4v) is 10.6. The minimum absolute atomic E-state index is 0.0983. The van der Waals surface area contributed by atoms with Crippen LogP contribution in [0.2, 0.25) is 10.1 Å². The quantitative estimate of drug-likeness (QED) is 0.478. The molecule has 1 heterocycles. The number of hydrogen-bond donors (Lipinski definition) is 0. The third-order valence-electron chi connectivity index (χ3n) is 6.64. The Morgan fingerprint density at radius 2 is 1.30 bits per heavy atom. The molecular formula is C27H39NOSi. The Kier molecular flexibility index (Phi) is 6.21. The normalized spacial score (nSPS) is 21.7. The van der Waals surface area contributed by atoms with Crippen LogP contribution in [0.5, 0.6) is 0 Å². The lowest BCUT2D eigenvalue weighted by Gasteiger charge is -2.49. The van der Waals surface area contributed by atoms with Gasteiger partial charge in [0, 0.05) is 13.1 Å². The average Bonchev–Trinajstić information content (AvgIpc) is 2.98. The summed E-state index contributed by atoms with van der Waals surface area (Å²) in [5.41, 5.74) is 6.22. The van der Waals surface area contributed by atoms with Gasteiger partial charge in [-0.2, -0.15) is 0 Å². The van der Waals surface area contributed by atoms with Crippen molar-refractivity contribution in [3.63, 3.8) is 0 Å². The first kappa shape index (κ1) is 23.0. The number of likely N-dealkylation sites (N-methyl/N-ethyl adjacent to an activating group) is 1. The first-order valence-corrected chi connectivity index (χ1v) is 13.1. The SMILES string of the molecule is CN(CC1=C[Si](C(C)(C)C)(C(C)(C)C)OC1(C)c1ccccc1)Cc1ccccc1. The number of rotatable bonds is 5. The van der Waals surface area contributed by atoms with Gasteiger partial charge in [0.2, 0.25) is 8.32 Å². The Morgan fingerprint density at radius 3 is 1.80 bits per heavy atom. The highest BCUT2D eigenvalue weighted by Gasteiger charge is 2.61. The van der Waals surface area contributed by atoms with Crippen molar-refractivity contribution in [2.24, 2.45) is 0 Å². The van der Waals surface area contributed by atoms with Crippen LogP contribution in [-0.2, 0) is 16.6 Å². The van der Waals surface area contributed by atoms with Crippen LogP contribution < -0.4 is 0 Å². The summed E-state index contributed by atoms with van der Waals surface area (Å²) >= 11 is 0. The van der Waals surface area contributed by atoms with Gasteiger partial charge >= 0.3 is 0 Å². The predicted octanol–water partition coefficient (Wildman–Crippen LogP) is 7.08. The largest absolute Gasteiger partial charge is 0.399 e. The monoisotopic (exact) mass is 421 g/mol. The molecule has 0 N–H and O–H groups in total. The highest BCUT2D eigenvalue weighted by Crippen LogP contribution is 2.60. The first-order chi connectivity index (χ1) is 13.9. The lowest BCUT2D eigenvalue weighted by Crippen LogP contribution is -2.53. The summed E-state index contributed by atoms with van der Waals surface area (Å²) in [4.78, 5) is 2.42. The Balaban J connectivity index is 2.04. The number of benzene rings is 2. The van der Waals surface area contributed by atoms with E-state index in [4.69, 9.17) is 4.43 Å². The van der Waals surface area contributed by atoms with Gasteiger partial charge < -0.3 is 4.43 Å². The number of nitrogens with zero attached hydrogens (tertiary/aromatic N) is 1. The molecule has 0 fully saturated rings. The Morgan fingerprint density at radius 1 is 0.800 bits per heavy atom. The molecule has 0 saturated heterocycles. The molecule has 2 aromatic carbocycles. The van der Waals surface area contributed by atoms with Crippen LogP contribution in [0, 0.1) is 0 Å². The summed E-state index contributed by atoms with van der Waals surface area (Å²) in [7, 11) is -0.0471. The molecule has 3 rings (SSSR count). The zero-order valence-corrected chi connectivity index (χ0v) is 21.1. The average molecular weight is 422 g/mol. The maximum Gasteiger partial charge on any atom is 0.229 e. The summed E-state index contributed by atoms with van der Waals surface area (Å²) in [5, 5.41) is 0.197. The van der Waals surface area contributed by atoms with Gasteiger partial charge in [-0.05, 0) is 40.7 Å². The molecule has 3 heteroatoms. The summed E-state index contributed by atoms with van der Waals surface area (Å²) in [6, 6.07) is 21.5. The molecule has 1 aliphatic heterocycles. The zero-order valence-electron chi connectivity index (χ0n) is 20.1. The minimum Gasteiger partial charge on any atom is -0.399 e. The minimum atomic E-state index is -2.26. The molecule has 0 aliphatic carbocycles. The van der Waals surface area contributed by atoms with Gasteiger partial charge in [-0.3, -0.25) is 4.90 Å². The molecule has 1 aliphatic rings. The van der Waals surface area contributed by atoms with E-state index in [-0.39, 0.29) is 15.7 Å². The Hall–Kier alpha value is -1.68. The molecule has 0 bridgehead atoms. The molecule has 1 unspecified atom stereocenters. The van der Waals surface area contributed by atoms with Crippen LogP contribution >= 0.6 is 0 Å². The van der Waals surface area contributed by atoms with E-state index in [0.29, 0.717) is 0 Å². The second-order valence-electron chi connectivity index (χ2n) is 11.1. The van der Waals surface area contributed by atoms with Crippen molar-refractivity contribution < 1.29 is 4.43 Å². The molecular weight excluding hydrogens is 382 g/mol. The molecule has 0 amide bonds. The van der Waals surface area contributed by atoms with E-state index in [9.17, 15) is 0 Å². The molecule has 0 aromatic heterocycles. The molecule has 0 spiro atoms. The van der Waals surface area contributed by atoms with Gasteiger partial charge in [-0.1, -0.05) is 108 Å². The standard InChI is InChI=1S/C27H39NOSi/c1-25(2,3)30(26(4,5)6)21-24(20-28(8)19-22-15-11-9-12-16-22)27(7,29-30)23-17-13-10-14-18-23/h9-18,21H,19-20H2,1-8H3. The first-order valence-electron chi connectivity index (χ1n) is 11.1. The Labute approximate surface area is 185 Å². The van der Waals surface area contributed by atoms with Crippen LogP contribution in [-0.4, -0.2) is 26.8 Å². The molecule has 0 saturated carbocycles.